The molecule has 0 saturated carbocycles. The van der Waals surface area contributed by atoms with Gasteiger partial charge in [0, 0.05) is 20.3 Å². The van der Waals surface area contributed by atoms with Gasteiger partial charge in [-0.25, -0.2) is 0 Å². The highest BCUT2D eigenvalue weighted by Gasteiger charge is 2.12. The molecule has 0 bridgehead atoms. The van der Waals surface area contributed by atoms with Crippen LogP contribution in [0.15, 0.2) is 0 Å². The number of rotatable bonds is 6. The zero-order valence-corrected chi connectivity index (χ0v) is 8.79. The molecule has 0 heterocycles. The Morgan fingerprint density at radius 2 is 2.00 bits per heavy atom. The van der Waals surface area contributed by atoms with Gasteiger partial charge >= 0.3 is 5.97 Å². The number of hydrogen-bond acceptors (Lipinski definition) is 4. The van der Waals surface area contributed by atoms with Gasteiger partial charge in [-0.3, -0.25) is 4.79 Å². The Kier molecular flexibility index (Phi) is 6.54. The Balaban J connectivity index is 3.56. The van der Waals surface area contributed by atoms with Crippen molar-refractivity contribution in [1.82, 2.24) is 5.32 Å². The van der Waals surface area contributed by atoms with E-state index in [1.54, 1.807) is 14.0 Å². The van der Waals surface area contributed by atoms with Gasteiger partial charge in [-0.1, -0.05) is 6.92 Å². The molecule has 2 atom stereocenters. The predicted molar refractivity (Wildman–Crippen MR) is 50.5 cm³/mol. The summed E-state index contributed by atoms with van der Waals surface area (Å²) in [5.41, 5.74) is 0. The lowest BCUT2D eigenvalue weighted by molar-refractivity contribution is -0.142. The minimum absolute atomic E-state index is 0.232. The number of ether oxygens (including phenoxy) is 2. The summed E-state index contributed by atoms with van der Waals surface area (Å²) in [5, 5.41) is 3.06. The molecule has 13 heavy (non-hydrogen) atoms. The van der Waals surface area contributed by atoms with Crippen LogP contribution in [-0.4, -0.2) is 39.4 Å². The molecule has 0 radical (unpaired) electrons. The van der Waals surface area contributed by atoms with Crippen LogP contribution in [0.1, 0.15) is 13.8 Å². The lowest BCUT2D eigenvalue weighted by Crippen LogP contribution is -2.38. The highest BCUT2D eigenvalue weighted by atomic mass is 16.5. The van der Waals surface area contributed by atoms with Crippen molar-refractivity contribution in [3.63, 3.8) is 0 Å². The Bertz CT molecular complexity index is 150. The van der Waals surface area contributed by atoms with Crippen molar-refractivity contribution in [2.24, 2.45) is 5.92 Å². The summed E-state index contributed by atoms with van der Waals surface area (Å²) < 4.78 is 9.54. The molecule has 78 valence electrons. The van der Waals surface area contributed by atoms with E-state index in [0.29, 0.717) is 12.5 Å². The lowest BCUT2D eigenvalue weighted by Gasteiger charge is -2.15. The van der Waals surface area contributed by atoms with Gasteiger partial charge in [0.2, 0.25) is 0 Å². The third-order valence-electron chi connectivity index (χ3n) is 1.78. The van der Waals surface area contributed by atoms with Gasteiger partial charge in [0.05, 0.1) is 7.11 Å². The molecule has 0 fully saturated rings. The molecule has 4 heteroatoms. The minimum atomic E-state index is -0.246. The van der Waals surface area contributed by atoms with Gasteiger partial charge in [0.15, 0.2) is 0 Å². The number of esters is 1. The van der Waals surface area contributed by atoms with Crippen LogP contribution in [0.2, 0.25) is 0 Å². The van der Waals surface area contributed by atoms with E-state index in [1.807, 2.05) is 0 Å². The lowest BCUT2D eigenvalue weighted by atomic mass is 10.2. The number of hydrogen-bond donors (Lipinski definition) is 1. The first kappa shape index (κ1) is 12.4. The molecule has 0 rings (SSSR count). The van der Waals surface area contributed by atoms with Crippen molar-refractivity contribution >= 4 is 5.97 Å². The summed E-state index contributed by atoms with van der Waals surface area (Å²) >= 11 is 0. The standard InChI is InChI=1S/C9H19NO3/c1-7(6-12-3)5-10-8(2)9(11)13-4/h7-8,10H,5-6H2,1-4H3. The second-order valence-electron chi connectivity index (χ2n) is 3.21. The monoisotopic (exact) mass is 189 g/mol. The van der Waals surface area contributed by atoms with E-state index in [1.165, 1.54) is 7.11 Å². The Morgan fingerprint density at radius 1 is 1.38 bits per heavy atom. The van der Waals surface area contributed by atoms with Gasteiger partial charge in [-0.2, -0.15) is 0 Å². The smallest absolute Gasteiger partial charge is 0.322 e. The molecule has 0 aromatic rings. The van der Waals surface area contributed by atoms with Crippen LogP contribution in [0.4, 0.5) is 0 Å². The van der Waals surface area contributed by atoms with E-state index in [-0.39, 0.29) is 12.0 Å². The molecule has 2 unspecified atom stereocenters. The zero-order chi connectivity index (χ0) is 10.3. The van der Waals surface area contributed by atoms with Gasteiger partial charge in [-0.05, 0) is 12.8 Å². The molecule has 1 N–H and O–H groups in total. The average Bonchev–Trinajstić information content (AvgIpc) is 2.13. The summed E-state index contributed by atoms with van der Waals surface area (Å²) in [6.45, 7) is 5.29. The summed E-state index contributed by atoms with van der Waals surface area (Å²) in [6, 6.07) is -0.246. The number of carbonyl (C=O) groups excluding carboxylic acids is 1. The van der Waals surface area contributed by atoms with Crippen LogP contribution in [0, 0.1) is 5.92 Å². The third-order valence-corrected chi connectivity index (χ3v) is 1.78. The molecular formula is C9H19NO3. The molecule has 0 saturated heterocycles. The molecule has 0 aliphatic heterocycles. The van der Waals surface area contributed by atoms with Crippen LogP contribution in [0.3, 0.4) is 0 Å². The van der Waals surface area contributed by atoms with Gasteiger partial charge in [0.1, 0.15) is 6.04 Å². The first-order valence-corrected chi connectivity index (χ1v) is 4.42. The number of nitrogens with one attached hydrogen (secondary N) is 1. The quantitative estimate of drug-likeness (QED) is 0.615. The van der Waals surface area contributed by atoms with Crippen LogP contribution in [0.5, 0.6) is 0 Å². The Morgan fingerprint density at radius 3 is 2.46 bits per heavy atom. The van der Waals surface area contributed by atoms with Crippen molar-refractivity contribution in [2.75, 3.05) is 27.4 Å². The van der Waals surface area contributed by atoms with E-state index in [9.17, 15) is 4.79 Å². The molecule has 0 aliphatic rings. The second-order valence-corrected chi connectivity index (χ2v) is 3.21. The van der Waals surface area contributed by atoms with Crippen LogP contribution in [-0.2, 0) is 14.3 Å². The highest BCUT2D eigenvalue weighted by molar-refractivity contribution is 5.75. The van der Waals surface area contributed by atoms with Crippen molar-refractivity contribution in [2.45, 2.75) is 19.9 Å². The van der Waals surface area contributed by atoms with Crippen molar-refractivity contribution in [3.05, 3.63) is 0 Å². The normalized spacial score (nSPS) is 15.1. The molecular weight excluding hydrogens is 170 g/mol. The first-order chi connectivity index (χ1) is 6.11. The van der Waals surface area contributed by atoms with Gasteiger partial charge in [-0.15, -0.1) is 0 Å². The highest BCUT2D eigenvalue weighted by Crippen LogP contribution is 1.94. The topological polar surface area (TPSA) is 47.6 Å². The van der Waals surface area contributed by atoms with Gasteiger partial charge < -0.3 is 14.8 Å². The first-order valence-electron chi connectivity index (χ1n) is 4.42. The van der Waals surface area contributed by atoms with Gasteiger partial charge in [0.25, 0.3) is 0 Å². The number of methoxy groups -OCH3 is 2. The van der Waals surface area contributed by atoms with Crippen molar-refractivity contribution in [1.29, 1.82) is 0 Å². The van der Waals surface area contributed by atoms with E-state index >= 15 is 0 Å². The van der Waals surface area contributed by atoms with E-state index < -0.39 is 0 Å². The van der Waals surface area contributed by atoms with Crippen LogP contribution < -0.4 is 5.32 Å². The summed E-state index contributed by atoms with van der Waals surface area (Å²) in [4.78, 5) is 11.0. The summed E-state index contributed by atoms with van der Waals surface area (Å²) in [5.74, 6) is 0.168. The fourth-order valence-electron chi connectivity index (χ4n) is 0.982. The van der Waals surface area contributed by atoms with E-state index in [2.05, 4.69) is 17.0 Å². The zero-order valence-electron chi connectivity index (χ0n) is 8.79. The largest absolute Gasteiger partial charge is 0.468 e. The summed E-state index contributed by atoms with van der Waals surface area (Å²) in [7, 11) is 3.05. The third kappa shape index (κ3) is 5.60. The van der Waals surface area contributed by atoms with Crippen molar-refractivity contribution in [3.8, 4) is 0 Å². The molecule has 0 aromatic carbocycles. The molecule has 0 aliphatic carbocycles. The Hall–Kier alpha value is -0.610. The van der Waals surface area contributed by atoms with E-state index in [4.69, 9.17) is 4.74 Å². The van der Waals surface area contributed by atoms with Crippen LogP contribution >= 0.6 is 0 Å². The maximum absolute atomic E-state index is 11.0. The maximum atomic E-state index is 11.0. The second kappa shape index (κ2) is 6.86. The molecule has 0 spiro atoms. The average molecular weight is 189 g/mol. The summed E-state index contributed by atoms with van der Waals surface area (Å²) in [6.07, 6.45) is 0. The Labute approximate surface area is 79.6 Å². The minimum Gasteiger partial charge on any atom is -0.468 e. The van der Waals surface area contributed by atoms with E-state index in [0.717, 1.165) is 6.54 Å². The fourth-order valence-corrected chi connectivity index (χ4v) is 0.982. The fraction of sp³-hybridized carbons (Fsp3) is 0.889. The molecule has 4 nitrogen and oxygen atoms in total. The van der Waals surface area contributed by atoms with Crippen molar-refractivity contribution < 1.29 is 14.3 Å². The molecule has 0 aromatic heterocycles. The molecule has 0 amide bonds. The predicted octanol–water partition coefficient (Wildman–Crippen LogP) is 0.420. The number of carbonyl (C=O) groups is 1. The maximum Gasteiger partial charge on any atom is 0.322 e. The van der Waals surface area contributed by atoms with Crippen LogP contribution in [0.25, 0.3) is 0 Å². The SMILES string of the molecule is COCC(C)CNC(C)C(=O)OC.